The summed E-state index contributed by atoms with van der Waals surface area (Å²) in [7, 11) is 0. The van der Waals surface area contributed by atoms with Crippen molar-refractivity contribution in [3.8, 4) is 0 Å². The Kier molecular flexibility index (Phi) is 3.39. The number of amides is 1. The molecule has 2 rings (SSSR count). The molecule has 1 amide bonds. The second kappa shape index (κ2) is 4.96. The zero-order chi connectivity index (χ0) is 11.4. The fourth-order valence-electron chi connectivity index (χ4n) is 1.50. The van der Waals surface area contributed by atoms with Crippen LogP contribution >= 0.6 is 0 Å². The SMILES string of the molecule is Cc1ccnc(NCCNC(=O)C2CC2)c1. The first-order valence-corrected chi connectivity index (χ1v) is 5.70. The fourth-order valence-corrected chi connectivity index (χ4v) is 1.50. The molecule has 4 nitrogen and oxygen atoms in total. The Morgan fingerprint density at radius 3 is 3.00 bits per heavy atom. The number of carbonyl (C=O) groups is 1. The highest BCUT2D eigenvalue weighted by molar-refractivity contribution is 5.80. The van der Waals surface area contributed by atoms with Crippen LogP contribution in [0.3, 0.4) is 0 Å². The van der Waals surface area contributed by atoms with Gasteiger partial charge in [0, 0.05) is 25.2 Å². The van der Waals surface area contributed by atoms with Crippen LogP contribution in [0.5, 0.6) is 0 Å². The van der Waals surface area contributed by atoms with Gasteiger partial charge in [-0.25, -0.2) is 4.98 Å². The molecule has 0 unspecified atom stereocenters. The highest BCUT2D eigenvalue weighted by atomic mass is 16.2. The standard InChI is InChI=1S/C12H17N3O/c1-9-4-5-13-11(8-9)14-6-7-15-12(16)10-2-3-10/h4-5,8,10H,2-3,6-7H2,1H3,(H,13,14)(H,15,16). The van der Waals surface area contributed by atoms with E-state index in [4.69, 9.17) is 0 Å². The van der Waals surface area contributed by atoms with Crippen molar-refractivity contribution in [2.45, 2.75) is 19.8 Å². The zero-order valence-electron chi connectivity index (χ0n) is 9.49. The summed E-state index contributed by atoms with van der Waals surface area (Å²) in [5.74, 6) is 1.34. The third-order valence-corrected chi connectivity index (χ3v) is 2.59. The molecule has 4 heteroatoms. The zero-order valence-corrected chi connectivity index (χ0v) is 9.49. The lowest BCUT2D eigenvalue weighted by Crippen LogP contribution is -2.29. The van der Waals surface area contributed by atoms with Crippen molar-refractivity contribution in [3.63, 3.8) is 0 Å². The minimum Gasteiger partial charge on any atom is -0.368 e. The summed E-state index contributed by atoms with van der Waals surface area (Å²) in [5.41, 5.74) is 1.18. The van der Waals surface area contributed by atoms with Gasteiger partial charge in [0.25, 0.3) is 0 Å². The normalized spacial score (nSPS) is 14.6. The van der Waals surface area contributed by atoms with E-state index >= 15 is 0 Å². The topological polar surface area (TPSA) is 54.0 Å². The van der Waals surface area contributed by atoms with Crippen LogP contribution in [0.25, 0.3) is 0 Å². The number of hydrogen-bond donors (Lipinski definition) is 2. The van der Waals surface area contributed by atoms with E-state index in [-0.39, 0.29) is 11.8 Å². The van der Waals surface area contributed by atoms with Crippen molar-refractivity contribution in [3.05, 3.63) is 23.9 Å². The molecule has 1 aliphatic carbocycles. The molecule has 0 radical (unpaired) electrons. The average molecular weight is 219 g/mol. The molecule has 0 atom stereocenters. The van der Waals surface area contributed by atoms with E-state index < -0.39 is 0 Å². The molecule has 0 aromatic carbocycles. The fraction of sp³-hybridized carbons (Fsp3) is 0.500. The van der Waals surface area contributed by atoms with Crippen LogP contribution < -0.4 is 10.6 Å². The van der Waals surface area contributed by atoms with E-state index in [2.05, 4.69) is 15.6 Å². The molecule has 0 spiro atoms. The van der Waals surface area contributed by atoms with Gasteiger partial charge in [0.2, 0.25) is 5.91 Å². The number of rotatable bonds is 5. The van der Waals surface area contributed by atoms with E-state index in [1.54, 1.807) is 6.20 Å². The molecule has 1 saturated carbocycles. The molecule has 1 aliphatic rings. The lowest BCUT2D eigenvalue weighted by molar-refractivity contribution is -0.122. The third kappa shape index (κ3) is 3.22. The summed E-state index contributed by atoms with van der Waals surface area (Å²) in [6.07, 6.45) is 3.89. The van der Waals surface area contributed by atoms with E-state index in [9.17, 15) is 4.79 Å². The number of carbonyl (C=O) groups excluding carboxylic acids is 1. The Balaban J connectivity index is 1.65. The highest BCUT2D eigenvalue weighted by Crippen LogP contribution is 2.28. The van der Waals surface area contributed by atoms with Gasteiger partial charge in [0.05, 0.1) is 0 Å². The molecule has 16 heavy (non-hydrogen) atoms. The Morgan fingerprint density at radius 1 is 1.50 bits per heavy atom. The Morgan fingerprint density at radius 2 is 2.31 bits per heavy atom. The van der Waals surface area contributed by atoms with Crippen molar-refractivity contribution in [2.24, 2.45) is 5.92 Å². The van der Waals surface area contributed by atoms with Gasteiger partial charge < -0.3 is 10.6 Å². The first-order valence-electron chi connectivity index (χ1n) is 5.70. The summed E-state index contributed by atoms with van der Waals surface area (Å²) >= 11 is 0. The second-order valence-corrected chi connectivity index (χ2v) is 4.21. The lowest BCUT2D eigenvalue weighted by atomic mass is 10.3. The average Bonchev–Trinajstić information content (AvgIpc) is 3.08. The molecule has 1 aromatic rings. The Labute approximate surface area is 95.5 Å². The van der Waals surface area contributed by atoms with Gasteiger partial charge in [-0.1, -0.05) is 0 Å². The van der Waals surface area contributed by atoms with Crippen molar-refractivity contribution in [1.29, 1.82) is 0 Å². The van der Waals surface area contributed by atoms with Gasteiger partial charge in [-0.3, -0.25) is 4.79 Å². The van der Waals surface area contributed by atoms with Crippen molar-refractivity contribution in [1.82, 2.24) is 10.3 Å². The van der Waals surface area contributed by atoms with E-state index in [1.165, 1.54) is 5.56 Å². The number of aromatic nitrogens is 1. The highest BCUT2D eigenvalue weighted by Gasteiger charge is 2.28. The molecular weight excluding hydrogens is 202 g/mol. The van der Waals surface area contributed by atoms with E-state index in [0.717, 1.165) is 25.2 Å². The summed E-state index contributed by atoms with van der Waals surface area (Å²) in [6.45, 7) is 3.40. The molecule has 86 valence electrons. The molecule has 1 aromatic heterocycles. The summed E-state index contributed by atoms with van der Waals surface area (Å²) in [4.78, 5) is 15.5. The van der Waals surface area contributed by atoms with Crippen LogP contribution in [-0.4, -0.2) is 24.0 Å². The second-order valence-electron chi connectivity index (χ2n) is 4.21. The van der Waals surface area contributed by atoms with Gasteiger partial charge in [-0.05, 0) is 37.5 Å². The summed E-state index contributed by atoms with van der Waals surface area (Å²) < 4.78 is 0. The monoisotopic (exact) mass is 219 g/mol. The van der Waals surface area contributed by atoms with E-state index in [1.807, 2.05) is 19.1 Å². The minimum atomic E-state index is 0.194. The van der Waals surface area contributed by atoms with Gasteiger partial charge in [0.15, 0.2) is 0 Å². The third-order valence-electron chi connectivity index (χ3n) is 2.59. The molecule has 0 aliphatic heterocycles. The summed E-state index contributed by atoms with van der Waals surface area (Å²) in [6, 6.07) is 3.95. The molecule has 0 saturated heterocycles. The lowest BCUT2D eigenvalue weighted by Gasteiger charge is -2.07. The van der Waals surface area contributed by atoms with Crippen molar-refractivity contribution in [2.75, 3.05) is 18.4 Å². The molecule has 1 heterocycles. The van der Waals surface area contributed by atoms with Crippen LogP contribution in [-0.2, 0) is 4.79 Å². The van der Waals surface area contributed by atoms with Gasteiger partial charge in [-0.15, -0.1) is 0 Å². The molecular formula is C12H17N3O. The van der Waals surface area contributed by atoms with Crippen molar-refractivity contribution >= 4 is 11.7 Å². The molecule has 1 fully saturated rings. The van der Waals surface area contributed by atoms with Gasteiger partial charge >= 0.3 is 0 Å². The van der Waals surface area contributed by atoms with Crippen molar-refractivity contribution < 1.29 is 4.79 Å². The van der Waals surface area contributed by atoms with Crippen LogP contribution in [0.4, 0.5) is 5.82 Å². The number of anilines is 1. The number of hydrogen-bond acceptors (Lipinski definition) is 3. The molecule has 2 N–H and O–H groups in total. The smallest absolute Gasteiger partial charge is 0.223 e. The minimum absolute atomic E-state index is 0.194. The van der Waals surface area contributed by atoms with Gasteiger partial charge in [0.1, 0.15) is 5.82 Å². The maximum Gasteiger partial charge on any atom is 0.223 e. The van der Waals surface area contributed by atoms with Crippen LogP contribution in [0.2, 0.25) is 0 Å². The van der Waals surface area contributed by atoms with E-state index in [0.29, 0.717) is 6.54 Å². The maximum absolute atomic E-state index is 11.3. The number of nitrogens with one attached hydrogen (secondary N) is 2. The quantitative estimate of drug-likeness (QED) is 0.734. The Bertz CT molecular complexity index is 374. The largest absolute Gasteiger partial charge is 0.368 e. The number of nitrogens with zero attached hydrogens (tertiary/aromatic N) is 1. The predicted molar refractivity (Wildman–Crippen MR) is 63.2 cm³/mol. The van der Waals surface area contributed by atoms with Crippen LogP contribution in [0, 0.1) is 12.8 Å². The maximum atomic E-state index is 11.3. The number of pyridine rings is 1. The predicted octanol–water partition coefficient (Wildman–Crippen LogP) is 1.33. The van der Waals surface area contributed by atoms with Gasteiger partial charge in [-0.2, -0.15) is 0 Å². The van der Waals surface area contributed by atoms with Crippen LogP contribution in [0.15, 0.2) is 18.3 Å². The first-order chi connectivity index (χ1) is 7.75. The summed E-state index contributed by atoms with van der Waals surface area (Å²) in [5, 5.41) is 6.07. The Hall–Kier alpha value is -1.58. The number of aryl methyl sites for hydroxylation is 1. The molecule has 0 bridgehead atoms. The van der Waals surface area contributed by atoms with Crippen LogP contribution in [0.1, 0.15) is 18.4 Å². The first kappa shape index (κ1) is 10.9.